The van der Waals surface area contributed by atoms with E-state index in [1.54, 1.807) is 0 Å². The van der Waals surface area contributed by atoms with Gasteiger partial charge in [-0.15, -0.1) is 11.6 Å². The van der Waals surface area contributed by atoms with E-state index in [1.807, 2.05) is 18.2 Å². The van der Waals surface area contributed by atoms with Gasteiger partial charge in [0.15, 0.2) is 0 Å². The fourth-order valence-corrected chi connectivity index (χ4v) is 2.61. The molecule has 2 aromatic carbocycles. The molecule has 0 aliphatic heterocycles. The van der Waals surface area contributed by atoms with E-state index in [4.69, 9.17) is 23.2 Å². The van der Waals surface area contributed by atoms with Gasteiger partial charge < -0.3 is 4.90 Å². The lowest BCUT2D eigenvalue weighted by Crippen LogP contribution is -2.17. The normalized spacial score (nSPS) is 10.5. The summed E-state index contributed by atoms with van der Waals surface area (Å²) < 4.78 is 0. The Bertz CT molecular complexity index is 566. The Morgan fingerprint density at radius 2 is 1.89 bits per heavy atom. The van der Waals surface area contributed by atoms with Crippen LogP contribution in [0, 0.1) is 6.92 Å². The molecule has 0 amide bonds. The first-order chi connectivity index (χ1) is 9.10. The Balaban J connectivity index is 2.22. The Morgan fingerprint density at radius 3 is 2.58 bits per heavy atom. The van der Waals surface area contributed by atoms with Gasteiger partial charge in [0.25, 0.3) is 0 Å². The number of anilines is 1. The van der Waals surface area contributed by atoms with Gasteiger partial charge in [-0.3, -0.25) is 0 Å². The lowest BCUT2D eigenvalue weighted by molar-refractivity contribution is 0.914. The molecule has 0 N–H and O–H groups in total. The minimum Gasteiger partial charge on any atom is -0.370 e. The molecule has 0 aliphatic rings. The van der Waals surface area contributed by atoms with Crippen LogP contribution in [0.3, 0.4) is 0 Å². The van der Waals surface area contributed by atoms with E-state index in [1.165, 1.54) is 11.1 Å². The van der Waals surface area contributed by atoms with Gasteiger partial charge in [0.05, 0.1) is 0 Å². The summed E-state index contributed by atoms with van der Waals surface area (Å²) in [4.78, 5) is 2.20. The van der Waals surface area contributed by atoms with Crippen molar-refractivity contribution in [3.8, 4) is 0 Å². The van der Waals surface area contributed by atoms with Gasteiger partial charge in [-0.1, -0.05) is 41.4 Å². The Kier molecular flexibility index (Phi) is 4.73. The summed E-state index contributed by atoms with van der Waals surface area (Å²) in [5, 5.41) is 0.725. The van der Waals surface area contributed by atoms with Gasteiger partial charge in [0, 0.05) is 30.2 Å². The molecule has 1 nitrogen and oxygen atoms in total. The van der Waals surface area contributed by atoms with E-state index in [9.17, 15) is 0 Å². The molecule has 0 bridgehead atoms. The maximum atomic E-state index is 6.00. The maximum Gasteiger partial charge on any atom is 0.0495 e. The Morgan fingerprint density at radius 1 is 1.11 bits per heavy atom. The summed E-state index contributed by atoms with van der Waals surface area (Å²) >= 11 is 12.0. The SMILES string of the molecule is Cc1cccc(CN(C)c2ccc(Cl)cc2CCl)c1. The largest absolute Gasteiger partial charge is 0.370 e. The van der Waals surface area contributed by atoms with Gasteiger partial charge in [-0.25, -0.2) is 0 Å². The fraction of sp³-hybridized carbons (Fsp3) is 0.250. The molecule has 0 saturated heterocycles. The van der Waals surface area contributed by atoms with Crippen LogP contribution in [0.2, 0.25) is 5.02 Å². The van der Waals surface area contributed by atoms with Gasteiger partial charge >= 0.3 is 0 Å². The number of rotatable bonds is 4. The molecule has 2 rings (SSSR count). The van der Waals surface area contributed by atoms with E-state index in [0.717, 1.165) is 22.8 Å². The number of halogens is 2. The minimum absolute atomic E-state index is 0.466. The average molecular weight is 294 g/mol. The van der Waals surface area contributed by atoms with Crippen LogP contribution < -0.4 is 4.90 Å². The second-order valence-electron chi connectivity index (χ2n) is 4.75. The Hall–Kier alpha value is -1.18. The van der Waals surface area contributed by atoms with E-state index in [-0.39, 0.29) is 0 Å². The molecular weight excluding hydrogens is 277 g/mol. The quantitative estimate of drug-likeness (QED) is 0.715. The third-order valence-corrected chi connectivity index (χ3v) is 3.62. The minimum atomic E-state index is 0.466. The predicted octanol–water partition coefficient (Wildman–Crippen LogP) is 5.02. The van der Waals surface area contributed by atoms with Crippen LogP contribution in [0.15, 0.2) is 42.5 Å². The van der Waals surface area contributed by atoms with Crippen molar-refractivity contribution in [2.45, 2.75) is 19.3 Å². The zero-order valence-electron chi connectivity index (χ0n) is 11.2. The standard InChI is InChI=1S/C16H17Cl2N/c1-12-4-3-5-13(8-12)11-19(2)16-7-6-15(18)9-14(16)10-17/h3-9H,10-11H2,1-2H3. The molecular formula is C16H17Cl2N. The predicted molar refractivity (Wildman–Crippen MR) is 84.3 cm³/mol. The molecule has 0 aromatic heterocycles. The van der Waals surface area contributed by atoms with E-state index in [0.29, 0.717) is 5.88 Å². The lowest BCUT2D eigenvalue weighted by atomic mass is 10.1. The number of benzene rings is 2. The van der Waals surface area contributed by atoms with Crippen molar-refractivity contribution in [3.63, 3.8) is 0 Å². The van der Waals surface area contributed by atoms with Crippen LogP contribution in [-0.4, -0.2) is 7.05 Å². The highest BCUT2D eigenvalue weighted by Crippen LogP contribution is 2.26. The summed E-state index contributed by atoms with van der Waals surface area (Å²) in [6.07, 6.45) is 0. The van der Waals surface area contributed by atoms with Gasteiger partial charge in [-0.05, 0) is 36.2 Å². The summed E-state index contributed by atoms with van der Waals surface area (Å²) in [5.74, 6) is 0.466. The molecule has 2 aromatic rings. The molecule has 0 unspecified atom stereocenters. The van der Waals surface area contributed by atoms with Crippen molar-refractivity contribution < 1.29 is 0 Å². The fourth-order valence-electron chi connectivity index (χ4n) is 2.20. The summed E-state index contributed by atoms with van der Waals surface area (Å²) in [6.45, 7) is 2.96. The first-order valence-corrected chi connectivity index (χ1v) is 7.12. The van der Waals surface area contributed by atoms with Gasteiger partial charge in [0.2, 0.25) is 0 Å². The number of hydrogen-bond acceptors (Lipinski definition) is 1. The third-order valence-electron chi connectivity index (χ3n) is 3.10. The second kappa shape index (κ2) is 6.31. The van der Waals surface area contributed by atoms with Gasteiger partial charge in [0.1, 0.15) is 0 Å². The first kappa shape index (κ1) is 14.2. The van der Waals surface area contributed by atoms with Gasteiger partial charge in [-0.2, -0.15) is 0 Å². The summed E-state index contributed by atoms with van der Waals surface area (Å²) in [5.41, 5.74) is 4.75. The zero-order chi connectivity index (χ0) is 13.8. The molecule has 0 atom stereocenters. The smallest absolute Gasteiger partial charge is 0.0495 e. The topological polar surface area (TPSA) is 3.24 Å². The molecule has 0 aliphatic carbocycles. The van der Waals surface area contributed by atoms with Crippen molar-refractivity contribution in [2.24, 2.45) is 0 Å². The molecule has 0 spiro atoms. The van der Waals surface area contributed by atoms with Crippen LogP contribution in [0.1, 0.15) is 16.7 Å². The number of alkyl halides is 1. The van der Waals surface area contributed by atoms with Crippen LogP contribution in [0.5, 0.6) is 0 Å². The Labute approximate surface area is 124 Å². The van der Waals surface area contributed by atoms with E-state index >= 15 is 0 Å². The van der Waals surface area contributed by atoms with Crippen molar-refractivity contribution >= 4 is 28.9 Å². The summed E-state index contributed by atoms with van der Waals surface area (Å²) in [6, 6.07) is 14.4. The molecule has 0 heterocycles. The van der Waals surface area contributed by atoms with Crippen molar-refractivity contribution in [1.82, 2.24) is 0 Å². The molecule has 19 heavy (non-hydrogen) atoms. The van der Waals surface area contributed by atoms with Crippen LogP contribution in [0.4, 0.5) is 5.69 Å². The molecule has 0 fully saturated rings. The van der Waals surface area contributed by atoms with Crippen molar-refractivity contribution in [2.75, 3.05) is 11.9 Å². The number of aryl methyl sites for hydroxylation is 1. The summed E-state index contributed by atoms with van der Waals surface area (Å²) in [7, 11) is 2.07. The van der Waals surface area contributed by atoms with Crippen molar-refractivity contribution in [1.29, 1.82) is 0 Å². The van der Waals surface area contributed by atoms with E-state index in [2.05, 4.69) is 43.1 Å². The zero-order valence-corrected chi connectivity index (χ0v) is 12.7. The highest BCUT2D eigenvalue weighted by Gasteiger charge is 2.08. The van der Waals surface area contributed by atoms with Crippen LogP contribution in [-0.2, 0) is 12.4 Å². The molecule has 3 heteroatoms. The number of nitrogens with zero attached hydrogens (tertiary/aromatic N) is 1. The second-order valence-corrected chi connectivity index (χ2v) is 5.46. The lowest BCUT2D eigenvalue weighted by Gasteiger charge is -2.22. The highest BCUT2D eigenvalue weighted by atomic mass is 35.5. The highest BCUT2D eigenvalue weighted by molar-refractivity contribution is 6.30. The van der Waals surface area contributed by atoms with Crippen LogP contribution >= 0.6 is 23.2 Å². The average Bonchev–Trinajstić information content (AvgIpc) is 2.38. The maximum absolute atomic E-state index is 6.00. The molecule has 0 radical (unpaired) electrons. The molecule has 100 valence electrons. The van der Waals surface area contributed by atoms with Crippen LogP contribution in [0.25, 0.3) is 0 Å². The first-order valence-electron chi connectivity index (χ1n) is 6.21. The van der Waals surface area contributed by atoms with E-state index < -0.39 is 0 Å². The third kappa shape index (κ3) is 3.65. The molecule has 0 saturated carbocycles. The van der Waals surface area contributed by atoms with Crippen molar-refractivity contribution in [3.05, 3.63) is 64.2 Å². The number of hydrogen-bond donors (Lipinski definition) is 0. The monoisotopic (exact) mass is 293 g/mol.